The Bertz CT molecular complexity index is 557. The summed E-state index contributed by atoms with van der Waals surface area (Å²) < 4.78 is 5.05. The molecule has 5 nitrogen and oxygen atoms in total. The molecule has 0 saturated heterocycles. The van der Waals surface area contributed by atoms with Crippen LogP contribution in [0.3, 0.4) is 0 Å². The maximum atomic E-state index is 11.3. The van der Waals surface area contributed by atoms with Crippen LogP contribution >= 0.6 is 0 Å². The normalized spacial score (nSPS) is 9.79. The van der Waals surface area contributed by atoms with Crippen molar-refractivity contribution < 1.29 is 9.53 Å². The van der Waals surface area contributed by atoms with Crippen molar-refractivity contribution in [1.29, 1.82) is 5.26 Å². The van der Waals surface area contributed by atoms with Gasteiger partial charge in [-0.05, 0) is 38.8 Å². The Hall–Kier alpha value is -2.53. The summed E-state index contributed by atoms with van der Waals surface area (Å²) in [5, 5.41) is 11.3. The Morgan fingerprint density at radius 1 is 1.53 bits per heavy atom. The Labute approximate surface area is 112 Å². The summed E-state index contributed by atoms with van der Waals surface area (Å²) in [5.74, 6) is 5.45. The van der Waals surface area contributed by atoms with Crippen LogP contribution in [0.15, 0.2) is 18.3 Å². The first kappa shape index (κ1) is 14.5. The highest BCUT2D eigenvalue weighted by Crippen LogP contribution is 2.06. The zero-order valence-corrected chi connectivity index (χ0v) is 11.2. The second kappa shape index (κ2) is 6.42. The number of carbonyl (C=O) groups excluding carboxylic acids is 1. The van der Waals surface area contributed by atoms with E-state index >= 15 is 0 Å². The quantitative estimate of drug-likeness (QED) is 0.779. The van der Waals surface area contributed by atoms with Crippen LogP contribution in [0.5, 0.6) is 0 Å². The maximum absolute atomic E-state index is 11.3. The van der Waals surface area contributed by atoms with Crippen LogP contribution in [0.4, 0.5) is 4.79 Å². The van der Waals surface area contributed by atoms with Crippen molar-refractivity contribution in [2.75, 3.05) is 6.54 Å². The second-order valence-corrected chi connectivity index (χ2v) is 4.67. The first-order valence-corrected chi connectivity index (χ1v) is 5.73. The number of pyridine rings is 1. The molecule has 0 radical (unpaired) electrons. The summed E-state index contributed by atoms with van der Waals surface area (Å²) in [5.41, 5.74) is 0.273. The van der Waals surface area contributed by atoms with Crippen LogP contribution in [-0.2, 0) is 4.74 Å². The van der Waals surface area contributed by atoms with Crippen LogP contribution in [0, 0.1) is 23.2 Å². The average molecular weight is 257 g/mol. The third kappa shape index (κ3) is 5.56. The largest absolute Gasteiger partial charge is 0.444 e. The van der Waals surface area contributed by atoms with E-state index in [1.165, 1.54) is 0 Å². The topological polar surface area (TPSA) is 75.0 Å². The minimum absolute atomic E-state index is 0.135. The predicted octanol–water partition coefficient (Wildman–Crippen LogP) is 1.83. The number of carbonyl (C=O) groups is 1. The Morgan fingerprint density at radius 2 is 2.26 bits per heavy atom. The molecule has 1 aromatic heterocycles. The standard InChI is InChI=1S/C14H15N3O2/c1-14(2,3)19-13(18)17-9-5-7-12-11(10-15)6-4-8-16-12/h4,6,8H,9H2,1-3H3,(H,17,18). The van der Waals surface area contributed by atoms with E-state index in [9.17, 15) is 4.79 Å². The molecule has 0 bridgehead atoms. The molecule has 0 fully saturated rings. The van der Waals surface area contributed by atoms with Crippen molar-refractivity contribution in [2.24, 2.45) is 0 Å². The van der Waals surface area contributed by atoms with Gasteiger partial charge in [-0.15, -0.1) is 0 Å². The molecule has 1 aromatic rings. The van der Waals surface area contributed by atoms with Crippen molar-refractivity contribution in [3.05, 3.63) is 29.6 Å². The number of nitrogens with one attached hydrogen (secondary N) is 1. The number of nitrogens with zero attached hydrogens (tertiary/aromatic N) is 2. The molecular formula is C14H15N3O2. The van der Waals surface area contributed by atoms with Crippen molar-refractivity contribution in [1.82, 2.24) is 10.3 Å². The monoisotopic (exact) mass is 257 g/mol. The van der Waals surface area contributed by atoms with Gasteiger partial charge in [-0.25, -0.2) is 9.78 Å². The van der Waals surface area contributed by atoms with Gasteiger partial charge in [0, 0.05) is 6.20 Å². The van der Waals surface area contributed by atoms with E-state index in [-0.39, 0.29) is 6.54 Å². The fourth-order valence-electron chi connectivity index (χ4n) is 1.15. The van der Waals surface area contributed by atoms with E-state index in [0.717, 1.165) is 0 Å². The Kier molecular flexibility index (Phi) is 4.91. The highest BCUT2D eigenvalue weighted by Gasteiger charge is 2.14. The minimum atomic E-state index is -0.535. The summed E-state index contributed by atoms with van der Waals surface area (Å²) in [4.78, 5) is 15.3. The molecule has 0 atom stereocenters. The molecule has 1 N–H and O–H groups in total. The number of aromatic nitrogens is 1. The molecule has 98 valence electrons. The van der Waals surface area contributed by atoms with Crippen LogP contribution < -0.4 is 5.32 Å². The first-order valence-electron chi connectivity index (χ1n) is 5.73. The summed E-state index contributed by atoms with van der Waals surface area (Å²) in [6.07, 6.45) is 1.04. The van der Waals surface area contributed by atoms with Gasteiger partial charge in [0.15, 0.2) is 0 Å². The van der Waals surface area contributed by atoms with Gasteiger partial charge in [0.2, 0.25) is 0 Å². The third-order valence-corrected chi connectivity index (χ3v) is 1.85. The lowest BCUT2D eigenvalue weighted by molar-refractivity contribution is 0.0535. The van der Waals surface area contributed by atoms with E-state index in [1.807, 2.05) is 6.07 Å². The molecule has 5 heteroatoms. The molecule has 19 heavy (non-hydrogen) atoms. The number of amides is 1. The minimum Gasteiger partial charge on any atom is -0.444 e. The van der Waals surface area contributed by atoms with Gasteiger partial charge in [-0.2, -0.15) is 5.26 Å². The lowest BCUT2D eigenvalue weighted by atomic mass is 10.2. The van der Waals surface area contributed by atoms with E-state index in [4.69, 9.17) is 10.00 Å². The predicted molar refractivity (Wildman–Crippen MR) is 70.1 cm³/mol. The van der Waals surface area contributed by atoms with Crippen LogP contribution in [0.25, 0.3) is 0 Å². The lowest BCUT2D eigenvalue weighted by Crippen LogP contribution is -2.32. The molecule has 0 aliphatic rings. The molecule has 1 rings (SSSR count). The smallest absolute Gasteiger partial charge is 0.408 e. The maximum Gasteiger partial charge on any atom is 0.408 e. The first-order chi connectivity index (χ1) is 8.92. The van der Waals surface area contributed by atoms with Gasteiger partial charge >= 0.3 is 6.09 Å². The fraction of sp³-hybridized carbons (Fsp3) is 0.357. The van der Waals surface area contributed by atoms with Crippen molar-refractivity contribution >= 4 is 6.09 Å². The number of nitriles is 1. The van der Waals surface area contributed by atoms with Gasteiger partial charge in [0.05, 0.1) is 12.1 Å². The van der Waals surface area contributed by atoms with E-state index in [0.29, 0.717) is 11.3 Å². The number of rotatable bonds is 1. The molecule has 0 spiro atoms. The van der Waals surface area contributed by atoms with Crippen molar-refractivity contribution in [3.63, 3.8) is 0 Å². The number of ether oxygens (including phenoxy) is 1. The molecule has 1 heterocycles. The molecule has 1 amide bonds. The Balaban J connectivity index is 2.53. The van der Waals surface area contributed by atoms with Crippen LogP contribution in [0.2, 0.25) is 0 Å². The summed E-state index contributed by atoms with van der Waals surface area (Å²) in [7, 11) is 0. The molecule has 0 saturated carbocycles. The molecule has 0 aliphatic carbocycles. The number of hydrogen-bond acceptors (Lipinski definition) is 4. The number of alkyl carbamates (subject to hydrolysis) is 1. The molecule has 0 unspecified atom stereocenters. The van der Waals surface area contributed by atoms with Crippen molar-refractivity contribution in [3.8, 4) is 17.9 Å². The summed E-state index contributed by atoms with van der Waals surface area (Å²) in [6, 6.07) is 5.31. The summed E-state index contributed by atoms with van der Waals surface area (Å²) >= 11 is 0. The Morgan fingerprint density at radius 3 is 2.89 bits per heavy atom. The van der Waals surface area contributed by atoms with E-state index < -0.39 is 11.7 Å². The molecular weight excluding hydrogens is 242 g/mol. The van der Waals surface area contributed by atoms with Gasteiger partial charge in [0.1, 0.15) is 17.4 Å². The second-order valence-electron chi connectivity index (χ2n) is 4.67. The van der Waals surface area contributed by atoms with Gasteiger partial charge in [-0.1, -0.05) is 5.92 Å². The zero-order chi connectivity index (χ0) is 14.3. The third-order valence-electron chi connectivity index (χ3n) is 1.85. The van der Waals surface area contributed by atoms with Crippen LogP contribution in [-0.4, -0.2) is 23.2 Å². The van der Waals surface area contributed by atoms with E-state index in [1.54, 1.807) is 39.1 Å². The van der Waals surface area contributed by atoms with Gasteiger partial charge in [-0.3, -0.25) is 0 Å². The molecule has 0 aromatic carbocycles. The van der Waals surface area contributed by atoms with Gasteiger partial charge in [0.25, 0.3) is 0 Å². The highest BCUT2D eigenvalue weighted by atomic mass is 16.6. The fourth-order valence-corrected chi connectivity index (χ4v) is 1.15. The molecule has 0 aliphatic heterocycles. The SMILES string of the molecule is CC(C)(C)OC(=O)NCC#Cc1ncccc1C#N. The van der Waals surface area contributed by atoms with Crippen LogP contribution in [0.1, 0.15) is 32.0 Å². The number of hydrogen-bond donors (Lipinski definition) is 1. The zero-order valence-electron chi connectivity index (χ0n) is 11.2. The lowest BCUT2D eigenvalue weighted by Gasteiger charge is -2.18. The van der Waals surface area contributed by atoms with Gasteiger partial charge < -0.3 is 10.1 Å². The summed E-state index contributed by atoms with van der Waals surface area (Å²) in [6.45, 7) is 5.48. The average Bonchev–Trinajstić information content (AvgIpc) is 2.33. The highest BCUT2D eigenvalue weighted by molar-refractivity contribution is 5.68. The van der Waals surface area contributed by atoms with E-state index in [2.05, 4.69) is 22.1 Å². The van der Waals surface area contributed by atoms with Crippen molar-refractivity contribution in [2.45, 2.75) is 26.4 Å².